The van der Waals surface area contributed by atoms with Gasteiger partial charge in [0.25, 0.3) is 0 Å². The van der Waals surface area contributed by atoms with Gasteiger partial charge in [0.05, 0.1) is 13.2 Å². The maximum absolute atomic E-state index is 12.3. The normalized spacial score (nSPS) is 14.6. The van der Waals surface area contributed by atoms with E-state index in [4.69, 9.17) is 13.8 Å². The van der Waals surface area contributed by atoms with E-state index < -0.39 is 57.6 Å². The van der Waals surface area contributed by atoms with E-state index in [9.17, 15) is 34.1 Å². The van der Waals surface area contributed by atoms with Crippen molar-refractivity contribution in [3.05, 3.63) is 85.1 Å². The average Bonchev–Trinajstić information content (AvgIpc) is 3.17. The van der Waals surface area contributed by atoms with Crippen LogP contribution in [-0.4, -0.2) is 64.9 Å². The number of hydrogen-bond donors (Lipinski definition) is 4. The van der Waals surface area contributed by atoms with Crippen LogP contribution in [0.2, 0.25) is 0 Å². The van der Waals surface area contributed by atoms with Crippen molar-refractivity contribution in [2.45, 2.75) is 154 Å². The SMILES string of the molecule is CC/C=C\C/C=C\C/C=C\CCCCCC(=O)OCC(O)COP(=O)(O)OCC(NC(=O)CCCCC/C=C\C/C=C\C/C=C\C/C=C\CCCCC)C(=O)O. The molecule has 12 heteroatoms. The Labute approximate surface area is 337 Å². The first-order valence-corrected chi connectivity index (χ1v) is 22.1. The number of carbonyl (C=O) groups is 3. The Morgan fingerprint density at radius 3 is 1.52 bits per heavy atom. The van der Waals surface area contributed by atoms with E-state index in [0.29, 0.717) is 12.8 Å². The van der Waals surface area contributed by atoms with Crippen molar-refractivity contribution in [1.82, 2.24) is 5.32 Å². The molecule has 0 aliphatic heterocycles. The molecule has 0 saturated heterocycles. The summed E-state index contributed by atoms with van der Waals surface area (Å²) in [7, 11) is -4.78. The quantitative estimate of drug-likeness (QED) is 0.0205. The van der Waals surface area contributed by atoms with E-state index in [1.54, 1.807) is 0 Å². The number of aliphatic hydroxyl groups is 1. The molecule has 3 unspecified atom stereocenters. The summed E-state index contributed by atoms with van der Waals surface area (Å²) in [5.74, 6) is -2.46. The first-order chi connectivity index (χ1) is 27.1. The zero-order valence-electron chi connectivity index (χ0n) is 34.1. The number of carbonyl (C=O) groups excluding carboxylic acids is 2. The monoisotopic (exact) mass is 805 g/mol. The van der Waals surface area contributed by atoms with E-state index in [0.717, 1.165) is 83.5 Å². The summed E-state index contributed by atoms with van der Waals surface area (Å²) in [4.78, 5) is 45.8. The maximum atomic E-state index is 12.3. The van der Waals surface area contributed by atoms with Gasteiger partial charge in [-0.3, -0.25) is 18.6 Å². The number of amides is 1. The van der Waals surface area contributed by atoms with Crippen LogP contribution in [0.3, 0.4) is 0 Å². The number of aliphatic carboxylic acids is 1. The molecule has 0 aromatic heterocycles. The highest BCUT2D eigenvalue weighted by molar-refractivity contribution is 7.47. The second-order valence-electron chi connectivity index (χ2n) is 13.4. The van der Waals surface area contributed by atoms with Gasteiger partial charge >= 0.3 is 19.8 Å². The number of nitrogens with one attached hydrogen (secondary N) is 1. The van der Waals surface area contributed by atoms with E-state index in [1.165, 1.54) is 19.3 Å². The number of rotatable bonds is 37. The maximum Gasteiger partial charge on any atom is 0.472 e. The van der Waals surface area contributed by atoms with Crippen LogP contribution >= 0.6 is 7.82 Å². The number of carboxylic acids is 1. The van der Waals surface area contributed by atoms with Crippen molar-refractivity contribution >= 4 is 25.7 Å². The van der Waals surface area contributed by atoms with Crippen LogP contribution in [0, 0.1) is 0 Å². The van der Waals surface area contributed by atoms with Crippen LogP contribution in [-0.2, 0) is 32.7 Å². The molecular weight excluding hydrogens is 733 g/mol. The number of phosphoric acid groups is 1. The summed E-state index contributed by atoms with van der Waals surface area (Å²) in [6.07, 6.45) is 46.1. The summed E-state index contributed by atoms with van der Waals surface area (Å²) in [6, 6.07) is -1.57. The van der Waals surface area contributed by atoms with Gasteiger partial charge in [0, 0.05) is 12.8 Å². The molecule has 11 nitrogen and oxygen atoms in total. The zero-order chi connectivity index (χ0) is 41.4. The molecule has 0 heterocycles. The lowest BCUT2D eigenvalue weighted by atomic mass is 10.1. The molecule has 0 bridgehead atoms. The van der Waals surface area contributed by atoms with Crippen molar-refractivity contribution in [1.29, 1.82) is 0 Å². The third-order valence-corrected chi connectivity index (χ3v) is 9.12. The van der Waals surface area contributed by atoms with Crippen molar-refractivity contribution in [3.63, 3.8) is 0 Å². The highest BCUT2D eigenvalue weighted by atomic mass is 31.2. The van der Waals surface area contributed by atoms with E-state index >= 15 is 0 Å². The summed E-state index contributed by atoms with van der Waals surface area (Å²) in [6.45, 7) is 2.36. The van der Waals surface area contributed by atoms with Gasteiger partial charge in [-0.2, -0.15) is 0 Å². The smallest absolute Gasteiger partial charge is 0.472 e. The molecule has 0 aromatic carbocycles. The van der Waals surface area contributed by atoms with Gasteiger partial charge in [-0.05, 0) is 89.9 Å². The minimum absolute atomic E-state index is 0.101. The first kappa shape index (κ1) is 52.7. The molecule has 0 aliphatic carbocycles. The van der Waals surface area contributed by atoms with Crippen molar-refractivity contribution in [2.24, 2.45) is 0 Å². The fourth-order valence-electron chi connectivity index (χ4n) is 4.96. The molecule has 0 aliphatic rings. The highest BCUT2D eigenvalue weighted by Crippen LogP contribution is 2.43. The molecule has 318 valence electrons. The minimum Gasteiger partial charge on any atom is -0.480 e. The number of allylic oxidation sites excluding steroid dienone is 14. The molecule has 0 fully saturated rings. The topological polar surface area (TPSA) is 169 Å². The molecule has 0 spiro atoms. The summed E-state index contributed by atoms with van der Waals surface area (Å²) in [5.41, 5.74) is 0. The second kappa shape index (κ2) is 38.5. The largest absolute Gasteiger partial charge is 0.480 e. The molecular formula is C44H72NO10P. The third kappa shape index (κ3) is 37.6. The van der Waals surface area contributed by atoms with Crippen LogP contribution in [0.25, 0.3) is 0 Å². The molecule has 3 atom stereocenters. The van der Waals surface area contributed by atoms with Gasteiger partial charge < -0.3 is 25.2 Å². The zero-order valence-corrected chi connectivity index (χ0v) is 35.0. The van der Waals surface area contributed by atoms with Gasteiger partial charge in [0.2, 0.25) is 5.91 Å². The molecule has 0 saturated carbocycles. The van der Waals surface area contributed by atoms with Crippen LogP contribution < -0.4 is 5.32 Å². The lowest BCUT2D eigenvalue weighted by Gasteiger charge is -2.18. The van der Waals surface area contributed by atoms with E-state index in [-0.39, 0.29) is 12.8 Å². The van der Waals surface area contributed by atoms with E-state index in [2.05, 4.69) is 104 Å². The highest BCUT2D eigenvalue weighted by Gasteiger charge is 2.28. The number of carboxylic acid groups (broad SMARTS) is 1. The number of esters is 1. The number of ether oxygens (including phenoxy) is 1. The van der Waals surface area contributed by atoms with Crippen molar-refractivity contribution in [3.8, 4) is 0 Å². The Bertz CT molecular complexity index is 1270. The van der Waals surface area contributed by atoms with Gasteiger partial charge in [-0.15, -0.1) is 0 Å². The van der Waals surface area contributed by atoms with Crippen molar-refractivity contribution < 1.29 is 47.8 Å². The Kier molecular flexibility index (Phi) is 36.2. The van der Waals surface area contributed by atoms with E-state index in [1.807, 2.05) is 0 Å². The van der Waals surface area contributed by atoms with Gasteiger partial charge in [-0.1, -0.05) is 125 Å². The molecule has 1 amide bonds. The summed E-state index contributed by atoms with van der Waals surface area (Å²) in [5, 5.41) is 21.8. The second-order valence-corrected chi connectivity index (χ2v) is 14.9. The van der Waals surface area contributed by atoms with Gasteiger partial charge in [0.1, 0.15) is 12.7 Å². The summed E-state index contributed by atoms with van der Waals surface area (Å²) < 4.78 is 26.7. The van der Waals surface area contributed by atoms with Crippen LogP contribution in [0.1, 0.15) is 142 Å². The first-order valence-electron chi connectivity index (χ1n) is 20.6. The van der Waals surface area contributed by atoms with Crippen LogP contribution in [0.15, 0.2) is 85.1 Å². The van der Waals surface area contributed by atoms with Crippen molar-refractivity contribution in [2.75, 3.05) is 19.8 Å². The summed E-state index contributed by atoms with van der Waals surface area (Å²) >= 11 is 0. The molecule has 4 N–H and O–H groups in total. The number of aliphatic hydroxyl groups excluding tert-OH is 1. The number of unbranched alkanes of at least 4 members (excludes halogenated alkanes) is 9. The minimum atomic E-state index is -4.78. The fourth-order valence-corrected chi connectivity index (χ4v) is 5.73. The Morgan fingerprint density at radius 2 is 1.04 bits per heavy atom. The fraction of sp³-hybridized carbons (Fsp3) is 0.614. The molecule has 0 radical (unpaired) electrons. The Morgan fingerprint density at radius 1 is 0.589 bits per heavy atom. The van der Waals surface area contributed by atoms with Gasteiger partial charge in [0.15, 0.2) is 6.04 Å². The van der Waals surface area contributed by atoms with Gasteiger partial charge in [-0.25, -0.2) is 9.36 Å². The van der Waals surface area contributed by atoms with Crippen LogP contribution in [0.4, 0.5) is 0 Å². The molecule has 0 rings (SSSR count). The average molecular weight is 806 g/mol. The number of phosphoric ester groups is 1. The Hall–Kier alpha value is -3.34. The molecule has 56 heavy (non-hydrogen) atoms. The molecule has 0 aromatic rings. The lowest BCUT2D eigenvalue weighted by Crippen LogP contribution is -2.43. The third-order valence-electron chi connectivity index (χ3n) is 8.17. The Balaban J connectivity index is 4.05. The predicted molar refractivity (Wildman–Crippen MR) is 226 cm³/mol. The lowest BCUT2D eigenvalue weighted by molar-refractivity contribution is -0.147. The predicted octanol–water partition coefficient (Wildman–Crippen LogP) is 10.3. The number of hydrogen-bond acceptors (Lipinski definition) is 8. The van der Waals surface area contributed by atoms with Crippen LogP contribution in [0.5, 0.6) is 0 Å². The standard InChI is InChI=1S/C44H72NO10P/c1-3-5-7-9-11-13-15-17-18-19-20-21-22-24-25-27-29-31-33-35-42(47)45-41(44(49)50)39-55-56(51,52)54-38-40(46)37-53-43(48)36-34-32-30-28-26-23-16-14-12-10-8-6-4-2/h6,8,11-14,17-18,20-21,23-26,40-41,46H,3-5,7,9-10,15-16,19,22,27-39H2,1-2H3,(H,45,47)(H,49,50)(H,51,52)/b8-6-,13-11-,14-12-,18-17-,21-20-,25-24-,26-23-.